The molecule has 2 saturated heterocycles. The summed E-state index contributed by atoms with van der Waals surface area (Å²) in [6.07, 6.45) is 0. The van der Waals surface area contributed by atoms with Crippen molar-refractivity contribution in [3.8, 4) is 0 Å². The standard InChI is InChI=1S/C18H25ClN4O2S/c19-16-4-2-1-3-15(16)17(24)22-7-9-23(10-8-22)18(26)20-5-6-21-11-13-25-14-12-21/h1-4H,5-14H2,(H,20,26). The predicted octanol–water partition coefficient (Wildman–Crippen LogP) is 1.30. The van der Waals surface area contributed by atoms with E-state index in [1.165, 1.54) is 0 Å². The van der Waals surface area contributed by atoms with E-state index < -0.39 is 0 Å². The second kappa shape index (κ2) is 9.50. The van der Waals surface area contributed by atoms with Crippen LogP contribution >= 0.6 is 23.8 Å². The van der Waals surface area contributed by atoms with E-state index in [1.54, 1.807) is 12.1 Å². The summed E-state index contributed by atoms with van der Waals surface area (Å²) in [6, 6.07) is 7.19. The van der Waals surface area contributed by atoms with Gasteiger partial charge in [0.2, 0.25) is 0 Å². The normalized spacial score (nSPS) is 18.7. The van der Waals surface area contributed by atoms with E-state index in [0.29, 0.717) is 23.7 Å². The Hall–Kier alpha value is -1.41. The third kappa shape index (κ3) is 5.07. The van der Waals surface area contributed by atoms with Crippen molar-refractivity contribution >= 4 is 34.8 Å². The molecule has 2 heterocycles. The van der Waals surface area contributed by atoms with Crippen molar-refractivity contribution in [2.24, 2.45) is 0 Å². The molecule has 1 N–H and O–H groups in total. The van der Waals surface area contributed by atoms with Gasteiger partial charge in [-0.3, -0.25) is 9.69 Å². The van der Waals surface area contributed by atoms with Gasteiger partial charge in [0.25, 0.3) is 5.91 Å². The molecule has 26 heavy (non-hydrogen) atoms. The van der Waals surface area contributed by atoms with Crippen LogP contribution in [0, 0.1) is 0 Å². The topological polar surface area (TPSA) is 48.1 Å². The average molecular weight is 397 g/mol. The van der Waals surface area contributed by atoms with E-state index in [9.17, 15) is 4.79 Å². The minimum atomic E-state index is -0.0126. The maximum absolute atomic E-state index is 12.6. The number of hydrogen-bond acceptors (Lipinski definition) is 4. The molecule has 1 aromatic rings. The number of hydrogen-bond donors (Lipinski definition) is 1. The lowest BCUT2D eigenvalue weighted by Gasteiger charge is -2.36. The summed E-state index contributed by atoms with van der Waals surface area (Å²) >= 11 is 11.6. The van der Waals surface area contributed by atoms with E-state index in [4.69, 9.17) is 28.6 Å². The smallest absolute Gasteiger partial charge is 0.255 e. The number of halogens is 1. The highest BCUT2D eigenvalue weighted by atomic mass is 35.5. The van der Waals surface area contributed by atoms with Crippen LogP contribution in [0.1, 0.15) is 10.4 Å². The number of ether oxygens (including phenoxy) is 1. The first kappa shape index (κ1) is 19.4. The highest BCUT2D eigenvalue weighted by Crippen LogP contribution is 2.18. The lowest BCUT2D eigenvalue weighted by atomic mass is 10.2. The SMILES string of the molecule is O=C(c1ccccc1Cl)N1CCN(C(=S)NCCN2CCOCC2)CC1. The van der Waals surface area contributed by atoms with E-state index in [-0.39, 0.29) is 5.91 Å². The molecule has 1 aromatic carbocycles. The second-order valence-corrected chi connectivity index (χ2v) is 7.24. The van der Waals surface area contributed by atoms with Gasteiger partial charge in [0, 0.05) is 52.4 Å². The van der Waals surface area contributed by atoms with Crippen LogP contribution in [0.25, 0.3) is 0 Å². The first-order valence-corrected chi connectivity index (χ1v) is 9.80. The summed E-state index contributed by atoms with van der Waals surface area (Å²) in [6.45, 7) is 8.15. The Kier molecular flexibility index (Phi) is 7.07. The Morgan fingerprint density at radius 3 is 2.42 bits per heavy atom. The molecule has 2 fully saturated rings. The van der Waals surface area contributed by atoms with Crippen LogP contribution in [0.3, 0.4) is 0 Å². The number of carbonyl (C=O) groups is 1. The van der Waals surface area contributed by atoms with Gasteiger partial charge in [-0.1, -0.05) is 23.7 Å². The molecule has 2 aliphatic heterocycles. The van der Waals surface area contributed by atoms with Gasteiger partial charge < -0.3 is 19.9 Å². The summed E-state index contributed by atoms with van der Waals surface area (Å²) in [4.78, 5) is 18.9. The van der Waals surface area contributed by atoms with Crippen molar-refractivity contribution < 1.29 is 9.53 Å². The molecule has 0 radical (unpaired) electrons. The minimum absolute atomic E-state index is 0.0126. The number of nitrogens with zero attached hydrogens (tertiary/aromatic N) is 3. The molecule has 1 amide bonds. The van der Waals surface area contributed by atoms with Gasteiger partial charge in [0.05, 0.1) is 23.8 Å². The van der Waals surface area contributed by atoms with Gasteiger partial charge in [-0.25, -0.2) is 0 Å². The van der Waals surface area contributed by atoms with Crippen LogP contribution < -0.4 is 5.32 Å². The molecule has 142 valence electrons. The number of carbonyl (C=O) groups excluding carboxylic acids is 1. The Morgan fingerprint density at radius 1 is 1.08 bits per heavy atom. The maximum atomic E-state index is 12.6. The number of morpholine rings is 1. The number of nitrogens with one attached hydrogen (secondary N) is 1. The third-order valence-corrected chi connectivity index (χ3v) is 5.50. The molecule has 3 rings (SSSR count). The van der Waals surface area contributed by atoms with Gasteiger partial charge in [-0.2, -0.15) is 0 Å². The molecule has 0 aliphatic carbocycles. The largest absolute Gasteiger partial charge is 0.379 e. The zero-order valence-electron chi connectivity index (χ0n) is 14.8. The predicted molar refractivity (Wildman–Crippen MR) is 107 cm³/mol. The summed E-state index contributed by atoms with van der Waals surface area (Å²) in [5.74, 6) is -0.0126. The summed E-state index contributed by atoms with van der Waals surface area (Å²) in [5, 5.41) is 4.60. The van der Waals surface area contributed by atoms with Crippen molar-refractivity contribution in [2.45, 2.75) is 0 Å². The van der Waals surface area contributed by atoms with Gasteiger partial charge in [0.1, 0.15) is 0 Å². The Bertz CT molecular complexity index is 631. The molecule has 0 bridgehead atoms. The quantitative estimate of drug-likeness (QED) is 0.774. The lowest BCUT2D eigenvalue weighted by Crippen LogP contribution is -2.53. The molecule has 0 unspecified atom stereocenters. The fourth-order valence-corrected chi connectivity index (χ4v) is 3.68. The molecule has 6 nitrogen and oxygen atoms in total. The first-order valence-electron chi connectivity index (χ1n) is 9.02. The molecular formula is C18H25ClN4O2S. The summed E-state index contributed by atoms with van der Waals surface area (Å²) in [7, 11) is 0. The van der Waals surface area contributed by atoms with Crippen LogP contribution in [-0.4, -0.2) is 91.3 Å². The molecule has 0 saturated carbocycles. The van der Waals surface area contributed by atoms with Gasteiger partial charge in [0.15, 0.2) is 5.11 Å². The molecule has 2 aliphatic rings. The number of piperazine rings is 1. The first-order chi connectivity index (χ1) is 12.6. The highest BCUT2D eigenvalue weighted by molar-refractivity contribution is 7.80. The van der Waals surface area contributed by atoms with Crippen molar-refractivity contribution in [3.63, 3.8) is 0 Å². The fourth-order valence-electron chi connectivity index (χ4n) is 3.18. The van der Waals surface area contributed by atoms with Crippen LogP contribution in [0.2, 0.25) is 5.02 Å². The molecule has 8 heteroatoms. The maximum Gasteiger partial charge on any atom is 0.255 e. The second-order valence-electron chi connectivity index (χ2n) is 6.45. The number of rotatable bonds is 4. The summed E-state index contributed by atoms with van der Waals surface area (Å²) in [5.41, 5.74) is 0.564. The van der Waals surface area contributed by atoms with Crippen molar-refractivity contribution in [3.05, 3.63) is 34.9 Å². The molecule has 0 atom stereocenters. The van der Waals surface area contributed by atoms with Crippen LogP contribution in [0.5, 0.6) is 0 Å². The van der Waals surface area contributed by atoms with E-state index in [1.807, 2.05) is 17.0 Å². The molecular weight excluding hydrogens is 372 g/mol. The third-order valence-electron chi connectivity index (χ3n) is 4.77. The molecule has 0 aromatic heterocycles. The number of thiocarbonyl (C=S) groups is 1. The zero-order chi connectivity index (χ0) is 18.4. The van der Waals surface area contributed by atoms with E-state index >= 15 is 0 Å². The van der Waals surface area contributed by atoms with Crippen molar-refractivity contribution in [1.29, 1.82) is 0 Å². The fraction of sp³-hybridized carbons (Fsp3) is 0.556. The van der Waals surface area contributed by atoms with Crippen molar-refractivity contribution in [2.75, 3.05) is 65.6 Å². The Balaban J connectivity index is 1.40. The highest BCUT2D eigenvalue weighted by Gasteiger charge is 2.24. The van der Waals surface area contributed by atoms with E-state index in [2.05, 4.69) is 15.1 Å². The molecule has 0 spiro atoms. The van der Waals surface area contributed by atoms with Gasteiger partial charge in [-0.15, -0.1) is 0 Å². The zero-order valence-corrected chi connectivity index (χ0v) is 16.4. The van der Waals surface area contributed by atoms with Crippen LogP contribution in [0.15, 0.2) is 24.3 Å². The average Bonchev–Trinajstić information content (AvgIpc) is 2.69. The monoisotopic (exact) mass is 396 g/mol. The van der Waals surface area contributed by atoms with Crippen molar-refractivity contribution in [1.82, 2.24) is 20.0 Å². The van der Waals surface area contributed by atoms with Crippen LogP contribution in [0.4, 0.5) is 0 Å². The lowest BCUT2D eigenvalue weighted by molar-refractivity contribution is 0.0388. The Morgan fingerprint density at radius 2 is 1.73 bits per heavy atom. The van der Waals surface area contributed by atoms with Crippen LogP contribution in [-0.2, 0) is 4.74 Å². The van der Waals surface area contributed by atoms with E-state index in [0.717, 1.165) is 57.6 Å². The van der Waals surface area contributed by atoms with Gasteiger partial charge in [-0.05, 0) is 24.4 Å². The minimum Gasteiger partial charge on any atom is -0.379 e. The number of benzene rings is 1. The Labute approximate surface area is 165 Å². The van der Waals surface area contributed by atoms with Gasteiger partial charge >= 0.3 is 0 Å². The summed E-state index contributed by atoms with van der Waals surface area (Å²) < 4.78 is 5.35. The number of amides is 1.